The number of aromatic nitrogens is 2. The average Bonchev–Trinajstić information content (AvgIpc) is 2.90. The van der Waals surface area contributed by atoms with Crippen molar-refractivity contribution in [3.05, 3.63) is 30.1 Å². The fourth-order valence-electron chi connectivity index (χ4n) is 3.33. The first kappa shape index (κ1) is 14.9. The minimum atomic E-state index is 0.525. The zero-order valence-corrected chi connectivity index (χ0v) is 13.8. The Kier molecular flexibility index (Phi) is 4.86. The molecule has 1 N–H and O–H groups in total. The Morgan fingerprint density at radius 1 is 1.38 bits per heavy atom. The third-order valence-corrected chi connectivity index (χ3v) is 6.00. The van der Waals surface area contributed by atoms with E-state index in [1.54, 1.807) is 0 Å². The fourth-order valence-corrected chi connectivity index (χ4v) is 4.80. The smallest absolute Gasteiger partial charge is 0.111 e. The highest BCUT2D eigenvalue weighted by Crippen LogP contribution is 2.29. The number of rotatable bonds is 5. The maximum absolute atomic E-state index is 4.88. The topological polar surface area (TPSA) is 29.9 Å². The van der Waals surface area contributed by atoms with Gasteiger partial charge in [0.2, 0.25) is 0 Å². The molecule has 114 valence electrons. The molecule has 2 aromatic rings. The second-order valence-electron chi connectivity index (χ2n) is 5.77. The quantitative estimate of drug-likeness (QED) is 0.917. The number of hydrogen-bond acceptors (Lipinski definition) is 3. The molecule has 1 fully saturated rings. The maximum atomic E-state index is 4.88. The first-order chi connectivity index (χ1) is 10.3. The number of benzene rings is 1. The van der Waals surface area contributed by atoms with E-state index in [1.807, 2.05) is 0 Å². The number of imidazole rings is 1. The molecule has 0 saturated carbocycles. The summed E-state index contributed by atoms with van der Waals surface area (Å²) in [6.07, 6.45) is 5.12. The minimum absolute atomic E-state index is 0.525. The van der Waals surface area contributed by atoms with Crippen LogP contribution in [0.3, 0.4) is 0 Å². The van der Waals surface area contributed by atoms with E-state index in [1.165, 1.54) is 36.4 Å². The van der Waals surface area contributed by atoms with E-state index >= 15 is 0 Å². The van der Waals surface area contributed by atoms with E-state index < -0.39 is 0 Å². The zero-order valence-electron chi connectivity index (χ0n) is 13.0. The summed E-state index contributed by atoms with van der Waals surface area (Å²) in [5.74, 6) is 2.54. The Labute approximate surface area is 131 Å². The van der Waals surface area contributed by atoms with E-state index in [2.05, 4.69) is 59.9 Å². The molecule has 3 rings (SSSR count). The van der Waals surface area contributed by atoms with Crippen LogP contribution < -0.4 is 5.32 Å². The van der Waals surface area contributed by atoms with Gasteiger partial charge < -0.3 is 9.88 Å². The molecule has 0 amide bonds. The van der Waals surface area contributed by atoms with Crippen molar-refractivity contribution in [1.29, 1.82) is 0 Å². The maximum Gasteiger partial charge on any atom is 0.111 e. The standard InChI is InChI=1S/C17H25N3S/c1-3-20-15-9-5-4-8-13(15)19-17(20)12-14(18-2)16-10-6-7-11-21-16/h4-5,8-9,14,16,18H,3,6-7,10-12H2,1-2H3. The third kappa shape index (κ3) is 3.11. The highest BCUT2D eigenvalue weighted by Gasteiger charge is 2.25. The molecule has 21 heavy (non-hydrogen) atoms. The van der Waals surface area contributed by atoms with Gasteiger partial charge in [0.1, 0.15) is 5.82 Å². The molecule has 1 aliphatic heterocycles. The number of para-hydroxylation sites is 2. The van der Waals surface area contributed by atoms with Crippen molar-refractivity contribution in [2.24, 2.45) is 0 Å². The van der Waals surface area contributed by atoms with Gasteiger partial charge in [0, 0.05) is 24.3 Å². The van der Waals surface area contributed by atoms with Crippen molar-refractivity contribution in [2.45, 2.75) is 50.4 Å². The van der Waals surface area contributed by atoms with Crippen LogP contribution in [0.5, 0.6) is 0 Å². The fraction of sp³-hybridized carbons (Fsp3) is 0.588. The first-order valence-corrected chi connectivity index (χ1v) is 9.11. The number of nitrogens with zero attached hydrogens (tertiary/aromatic N) is 2. The lowest BCUT2D eigenvalue weighted by atomic mass is 10.0. The van der Waals surface area contributed by atoms with Crippen LogP contribution in [0.25, 0.3) is 11.0 Å². The van der Waals surface area contributed by atoms with Gasteiger partial charge in [-0.05, 0) is 44.7 Å². The number of fused-ring (bicyclic) bond motifs is 1. The summed E-state index contributed by atoms with van der Waals surface area (Å²) in [6.45, 7) is 3.20. The SMILES string of the molecule is CCn1c(CC(NC)C2CCCCS2)nc2ccccc21. The molecule has 2 heterocycles. The number of nitrogens with one attached hydrogen (secondary N) is 1. The lowest BCUT2D eigenvalue weighted by Gasteiger charge is -2.29. The van der Waals surface area contributed by atoms with E-state index in [-0.39, 0.29) is 0 Å². The van der Waals surface area contributed by atoms with E-state index in [9.17, 15) is 0 Å². The third-order valence-electron chi connectivity index (χ3n) is 4.49. The van der Waals surface area contributed by atoms with Gasteiger partial charge in [-0.3, -0.25) is 0 Å². The van der Waals surface area contributed by atoms with Gasteiger partial charge in [0.25, 0.3) is 0 Å². The Morgan fingerprint density at radius 3 is 2.95 bits per heavy atom. The monoisotopic (exact) mass is 303 g/mol. The van der Waals surface area contributed by atoms with Gasteiger partial charge in [-0.15, -0.1) is 0 Å². The van der Waals surface area contributed by atoms with Gasteiger partial charge in [0.05, 0.1) is 11.0 Å². The molecule has 0 aliphatic carbocycles. The van der Waals surface area contributed by atoms with Gasteiger partial charge in [0.15, 0.2) is 0 Å². The van der Waals surface area contributed by atoms with Crippen molar-refractivity contribution in [2.75, 3.05) is 12.8 Å². The van der Waals surface area contributed by atoms with Crippen molar-refractivity contribution < 1.29 is 0 Å². The lowest BCUT2D eigenvalue weighted by Crippen LogP contribution is -2.39. The van der Waals surface area contributed by atoms with Crippen molar-refractivity contribution >= 4 is 22.8 Å². The van der Waals surface area contributed by atoms with Crippen LogP contribution in [-0.2, 0) is 13.0 Å². The van der Waals surface area contributed by atoms with Crippen LogP contribution >= 0.6 is 11.8 Å². The molecule has 4 heteroatoms. The normalized spacial score (nSPS) is 20.8. The van der Waals surface area contributed by atoms with Crippen LogP contribution in [0.2, 0.25) is 0 Å². The van der Waals surface area contributed by atoms with Crippen LogP contribution in [0.15, 0.2) is 24.3 Å². The van der Waals surface area contributed by atoms with Gasteiger partial charge in [-0.25, -0.2) is 4.98 Å². The number of likely N-dealkylation sites (N-methyl/N-ethyl adjacent to an activating group) is 1. The zero-order chi connectivity index (χ0) is 14.7. The van der Waals surface area contributed by atoms with Gasteiger partial charge >= 0.3 is 0 Å². The molecule has 0 spiro atoms. The highest BCUT2D eigenvalue weighted by atomic mass is 32.2. The molecule has 2 atom stereocenters. The Balaban J connectivity index is 1.85. The van der Waals surface area contributed by atoms with E-state index in [0.717, 1.165) is 23.7 Å². The molecular weight excluding hydrogens is 278 g/mol. The number of hydrogen-bond donors (Lipinski definition) is 1. The molecule has 1 aromatic carbocycles. The van der Waals surface area contributed by atoms with Crippen LogP contribution in [0, 0.1) is 0 Å². The van der Waals surface area contributed by atoms with Crippen molar-refractivity contribution in [3.8, 4) is 0 Å². The molecule has 1 aliphatic rings. The lowest BCUT2D eigenvalue weighted by molar-refractivity contribution is 0.479. The molecule has 3 nitrogen and oxygen atoms in total. The number of aryl methyl sites for hydroxylation is 1. The summed E-state index contributed by atoms with van der Waals surface area (Å²) in [5, 5.41) is 4.27. The van der Waals surface area contributed by atoms with Crippen molar-refractivity contribution in [1.82, 2.24) is 14.9 Å². The Morgan fingerprint density at radius 2 is 2.24 bits per heavy atom. The first-order valence-electron chi connectivity index (χ1n) is 8.06. The summed E-state index contributed by atoms with van der Waals surface area (Å²) >= 11 is 2.14. The summed E-state index contributed by atoms with van der Waals surface area (Å²) in [7, 11) is 2.10. The van der Waals surface area contributed by atoms with Crippen LogP contribution in [0.1, 0.15) is 32.0 Å². The Bertz CT molecular complexity index is 587. The van der Waals surface area contributed by atoms with E-state index in [0.29, 0.717) is 6.04 Å². The molecule has 1 saturated heterocycles. The summed E-state index contributed by atoms with van der Waals surface area (Å²) < 4.78 is 2.37. The highest BCUT2D eigenvalue weighted by molar-refractivity contribution is 8.00. The molecule has 1 aromatic heterocycles. The average molecular weight is 303 g/mol. The van der Waals surface area contributed by atoms with Gasteiger partial charge in [-0.1, -0.05) is 18.6 Å². The Hall–Kier alpha value is -1.00. The predicted molar refractivity (Wildman–Crippen MR) is 92.1 cm³/mol. The largest absolute Gasteiger partial charge is 0.328 e. The minimum Gasteiger partial charge on any atom is -0.328 e. The van der Waals surface area contributed by atoms with Crippen LogP contribution in [-0.4, -0.2) is 33.6 Å². The molecular formula is C17H25N3S. The van der Waals surface area contributed by atoms with Gasteiger partial charge in [-0.2, -0.15) is 11.8 Å². The second kappa shape index (κ2) is 6.84. The number of thioether (sulfide) groups is 1. The molecule has 2 unspecified atom stereocenters. The predicted octanol–water partition coefficient (Wildman–Crippen LogP) is 3.47. The molecule has 0 radical (unpaired) electrons. The summed E-state index contributed by atoms with van der Waals surface area (Å²) in [5.41, 5.74) is 2.39. The van der Waals surface area contributed by atoms with Crippen LogP contribution in [0.4, 0.5) is 0 Å². The van der Waals surface area contributed by atoms with E-state index in [4.69, 9.17) is 4.98 Å². The summed E-state index contributed by atoms with van der Waals surface area (Å²) in [4.78, 5) is 4.88. The van der Waals surface area contributed by atoms with Crippen molar-refractivity contribution in [3.63, 3.8) is 0 Å². The second-order valence-corrected chi connectivity index (χ2v) is 7.11. The summed E-state index contributed by atoms with van der Waals surface area (Å²) in [6, 6.07) is 9.00. The molecule has 0 bridgehead atoms.